The second-order valence-corrected chi connectivity index (χ2v) is 5.76. The third-order valence-corrected chi connectivity index (χ3v) is 3.83. The zero-order chi connectivity index (χ0) is 13.8. The molecule has 0 bridgehead atoms. The van der Waals surface area contributed by atoms with Gasteiger partial charge in [-0.1, -0.05) is 17.3 Å². The van der Waals surface area contributed by atoms with Crippen LogP contribution in [-0.2, 0) is 14.8 Å². The van der Waals surface area contributed by atoms with Gasteiger partial charge in [-0.2, -0.15) is 0 Å². The molecule has 7 heteroatoms. The van der Waals surface area contributed by atoms with Crippen LogP contribution < -0.4 is 4.72 Å². The van der Waals surface area contributed by atoms with E-state index in [2.05, 4.69) is 16.5 Å². The average Bonchev–Trinajstić information content (AvgIpc) is 2.57. The van der Waals surface area contributed by atoms with Gasteiger partial charge < -0.3 is 9.26 Å². The number of hydrogen-bond donors (Lipinski definition) is 1. The molecule has 102 valence electrons. The largest absolute Gasteiger partial charge is 0.376 e. The Morgan fingerprint density at radius 3 is 2.67 bits per heavy atom. The fourth-order valence-electron chi connectivity index (χ4n) is 1.43. The molecule has 0 radical (unpaired) electrons. The maximum atomic E-state index is 11.9. The van der Waals surface area contributed by atoms with Gasteiger partial charge in [0, 0.05) is 6.54 Å². The van der Waals surface area contributed by atoms with Gasteiger partial charge in [0.05, 0.1) is 13.2 Å². The fourth-order valence-corrected chi connectivity index (χ4v) is 2.76. The normalized spacial score (nSPS) is 11.7. The van der Waals surface area contributed by atoms with Crippen molar-refractivity contribution in [2.75, 3.05) is 19.8 Å². The van der Waals surface area contributed by atoms with Gasteiger partial charge in [-0.15, -0.1) is 0 Å². The van der Waals surface area contributed by atoms with Gasteiger partial charge in [-0.25, -0.2) is 13.1 Å². The standard InChI is InChI=1S/C11H18N2O4S/c1-8(2)7-16-6-5-12-18(14,15)11-9(3)13-17-10(11)4/h12H,1,5-7H2,2-4H3. The first kappa shape index (κ1) is 14.9. The molecule has 18 heavy (non-hydrogen) atoms. The summed E-state index contributed by atoms with van der Waals surface area (Å²) in [5.41, 5.74) is 1.24. The van der Waals surface area contributed by atoms with Crippen LogP contribution in [0.4, 0.5) is 0 Å². The zero-order valence-corrected chi connectivity index (χ0v) is 11.6. The van der Waals surface area contributed by atoms with E-state index in [1.54, 1.807) is 13.8 Å². The minimum absolute atomic E-state index is 0.0994. The highest BCUT2D eigenvalue weighted by Gasteiger charge is 2.23. The molecule has 0 spiro atoms. The van der Waals surface area contributed by atoms with Gasteiger partial charge in [0.1, 0.15) is 10.6 Å². The highest BCUT2D eigenvalue weighted by atomic mass is 32.2. The Morgan fingerprint density at radius 1 is 1.50 bits per heavy atom. The van der Waals surface area contributed by atoms with E-state index in [4.69, 9.17) is 9.26 Å². The summed E-state index contributed by atoms with van der Waals surface area (Å²) >= 11 is 0. The second kappa shape index (κ2) is 6.12. The van der Waals surface area contributed by atoms with Crippen molar-refractivity contribution in [3.63, 3.8) is 0 Å². The molecule has 1 aromatic rings. The predicted molar refractivity (Wildman–Crippen MR) is 66.8 cm³/mol. The SMILES string of the molecule is C=C(C)COCCNS(=O)(=O)c1c(C)noc1C. The minimum Gasteiger partial charge on any atom is -0.376 e. The van der Waals surface area contributed by atoms with Crippen LogP contribution in [0.25, 0.3) is 0 Å². The van der Waals surface area contributed by atoms with Gasteiger partial charge in [0.2, 0.25) is 10.0 Å². The summed E-state index contributed by atoms with van der Waals surface area (Å²) in [5.74, 6) is 0.280. The van der Waals surface area contributed by atoms with Gasteiger partial charge in [-0.05, 0) is 20.8 Å². The Morgan fingerprint density at radius 2 is 2.17 bits per heavy atom. The lowest BCUT2D eigenvalue weighted by Gasteiger charge is -2.06. The summed E-state index contributed by atoms with van der Waals surface area (Å²) in [7, 11) is -3.59. The van der Waals surface area contributed by atoms with Crippen LogP contribution in [0, 0.1) is 13.8 Å². The molecule has 0 aliphatic rings. The lowest BCUT2D eigenvalue weighted by molar-refractivity contribution is 0.162. The molecule has 0 aromatic carbocycles. The van der Waals surface area contributed by atoms with Crippen LogP contribution in [0.2, 0.25) is 0 Å². The molecular formula is C11H18N2O4S. The van der Waals surface area contributed by atoms with Crippen molar-refractivity contribution < 1.29 is 17.7 Å². The van der Waals surface area contributed by atoms with Gasteiger partial charge >= 0.3 is 0 Å². The van der Waals surface area contributed by atoms with Gasteiger partial charge in [-0.3, -0.25) is 0 Å². The Bertz CT molecular complexity index is 500. The second-order valence-electron chi connectivity index (χ2n) is 4.06. The first-order chi connectivity index (χ1) is 8.34. The maximum absolute atomic E-state index is 11.9. The monoisotopic (exact) mass is 274 g/mol. The molecule has 0 fully saturated rings. The van der Waals surface area contributed by atoms with Crippen molar-refractivity contribution in [1.82, 2.24) is 9.88 Å². The number of sulfonamides is 1. The average molecular weight is 274 g/mol. The lowest BCUT2D eigenvalue weighted by Crippen LogP contribution is -2.28. The van der Waals surface area contributed by atoms with Crippen LogP contribution in [0.1, 0.15) is 18.4 Å². The summed E-state index contributed by atoms with van der Waals surface area (Å²) in [6.45, 7) is 9.57. The highest BCUT2D eigenvalue weighted by Crippen LogP contribution is 2.18. The van der Waals surface area contributed by atoms with Crippen molar-refractivity contribution in [2.24, 2.45) is 0 Å². The zero-order valence-electron chi connectivity index (χ0n) is 10.8. The smallest absolute Gasteiger partial charge is 0.246 e. The van der Waals surface area contributed by atoms with Crippen molar-refractivity contribution in [3.8, 4) is 0 Å². The number of nitrogens with one attached hydrogen (secondary N) is 1. The first-order valence-corrected chi connectivity index (χ1v) is 6.97. The molecule has 1 heterocycles. The van der Waals surface area contributed by atoms with E-state index in [0.29, 0.717) is 12.3 Å². The first-order valence-electron chi connectivity index (χ1n) is 5.49. The van der Waals surface area contributed by atoms with E-state index >= 15 is 0 Å². The summed E-state index contributed by atoms with van der Waals surface area (Å²) in [5, 5.41) is 3.61. The lowest BCUT2D eigenvalue weighted by atomic mass is 10.4. The molecule has 0 aliphatic heterocycles. The van der Waals surface area contributed by atoms with Crippen molar-refractivity contribution in [1.29, 1.82) is 0 Å². The third-order valence-electron chi connectivity index (χ3n) is 2.12. The van der Waals surface area contributed by atoms with E-state index < -0.39 is 10.0 Å². The molecule has 1 N–H and O–H groups in total. The summed E-state index contributed by atoms with van der Waals surface area (Å²) in [4.78, 5) is 0.0994. The van der Waals surface area contributed by atoms with Crippen LogP contribution >= 0.6 is 0 Å². The summed E-state index contributed by atoms with van der Waals surface area (Å²) in [6, 6.07) is 0. The molecule has 0 aliphatic carbocycles. The van der Waals surface area contributed by atoms with Crippen molar-refractivity contribution in [3.05, 3.63) is 23.6 Å². The molecule has 0 saturated carbocycles. The Labute approximate surface area is 107 Å². The topological polar surface area (TPSA) is 81.4 Å². The summed E-state index contributed by atoms with van der Waals surface area (Å²) in [6.07, 6.45) is 0. The molecule has 0 unspecified atom stereocenters. The molecule has 0 amide bonds. The molecule has 1 rings (SSSR count). The highest BCUT2D eigenvalue weighted by molar-refractivity contribution is 7.89. The number of rotatable bonds is 7. The minimum atomic E-state index is -3.59. The number of aromatic nitrogens is 1. The molecule has 0 atom stereocenters. The number of aryl methyl sites for hydroxylation is 2. The Hall–Kier alpha value is -1.18. The van der Waals surface area contributed by atoms with E-state index in [0.717, 1.165) is 5.57 Å². The number of hydrogen-bond acceptors (Lipinski definition) is 5. The van der Waals surface area contributed by atoms with Crippen LogP contribution in [0.15, 0.2) is 21.6 Å². The van der Waals surface area contributed by atoms with E-state index in [9.17, 15) is 8.42 Å². The Balaban J connectivity index is 2.54. The van der Waals surface area contributed by atoms with Crippen LogP contribution in [0.3, 0.4) is 0 Å². The van der Waals surface area contributed by atoms with Gasteiger partial charge in [0.25, 0.3) is 0 Å². The quantitative estimate of drug-likeness (QED) is 0.596. The number of ether oxygens (including phenoxy) is 1. The molecular weight excluding hydrogens is 256 g/mol. The van der Waals surface area contributed by atoms with Crippen molar-refractivity contribution in [2.45, 2.75) is 25.7 Å². The fraction of sp³-hybridized carbons (Fsp3) is 0.545. The molecule has 0 saturated heterocycles. The molecule has 6 nitrogen and oxygen atoms in total. The Kier molecular flexibility index (Phi) is 5.06. The van der Waals surface area contributed by atoms with E-state index in [1.807, 2.05) is 6.92 Å². The van der Waals surface area contributed by atoms with E-state index in [-0.39, 0.29) is 23.8 Å². The van der Waals surface area contributed by atoms with Crippen LogP contribution in [0.5, 0.6) is 0 Å². The van der Waals surface area contributed by atoms with Crippen LogP contribution in [-0.4, -0.2) is 33.3 Å². The number of nitrogens with zero attached hydrogens (tertiary/aromatic N) is 1. The third kappa shape index (κ3) is 3.94. The molecule has 1 aromatic heterocycles. The summed E-state index contributed by atoms with van der Waals surface area (Å²) < 4.78 is 36.4. The maximum Gasteiger partial charge on any atom is 0.246 e. The van der Waals surface area contributed by atoms with E-state index in [1.165, 1.54) is 0 Å². The van der Waals surface area contributed by atoms with Crippen molar-refractivity contribution >= 4 is 10.0 Å². The van der Waals surface area contributed by atoms with Gasteiger partial charge in [0.15, 0.2) is 5.76 Å². The predicted octanol–water partition coefficient (Wildman–Crippen LogP) is 1.16.